The van der Waals surface area contributed by atoms with Gasteiger partial charge >= 0.3 is 0 Å². The summed E-state index contributed by atoms with van der Waals surface area (Å²) < 4.78 is 5.09. The van der Waals surface area contributed by atoms with E-state index in [0.717, 1.165) is 4.90 Å². The Morgan fingerprint density at radius 3 is 2.41 bits per heavy atom. The second kappa shape index (κ2) is 10.7. The van der Waals surface area contributed by atoms with Gasteiger partial charge in [-0.3, -0.25) is 19.7 Å². The number of thioether (sulfide) groups is 1. The van der Waals surface area contributed by atoms with E-state index in [1.54, 1.807) is 36.4 Å². The van der Waals surface area contributed by atoms with Crippen LogP contribution in [0.25, 0.3) is 0 Å². The van der Waals surface area contributed by atoms with Crippen LogP contribution in [0.3, 0.4) is 0 Å². The van der Waals surface area contributed by atoms with Crippen LogP contribution in [-0.4, -0.2) is 29.6 Å². The fraction of sp³-hybridized carbons (Fsp3) is 0.0909. The highest BCUT2D eigenvalue weighted by atomic mass is 35.5. The van der Waals surface area contributed by atoms with Crippen molar-refractivity contribution in [1.29, 1.82) is 0 Å². The van der Waals surface area contributed by atoms with E-state index in [1.165, 1.54) is 43.1 Å². The molecule has 2 amide bonds. The predicted molar refractivity (Wildman–Crippen MR) is 125 cm³/mol. The van der Waals surface area contributed by atoms with Crippen LogP contribution in [0, 0.1) is 10.1 Å². The van der Waals surface area contributed by atoms with Crippen molar-refractivity contribution in [3.05, 3.63) is 87.4 Å². The van der Waals surface area contributed by atoms with Crippen LogP contribution in [0.5, 0.6) is 5.75 Å². The molecule has 3 aromatic rings. The van der Waals surface area contributed by atoms with Gasteiger partial charge in [0.25, 0.3) is 11.6 Å². The van der Waals surface area contributed by atoms with Crippen molar-refractivity contribution in [2.75, 3.05) is 23.5 Å². The van der Waals surface area contributed by atoms with Crippen LogP contribution in [-0.2, 0) is 4.79 Å². The summed E-state index contributed by atoms with van der Waals surface area (Å²) in [5, 5.41) is 16.6. The van der Waals surface area contributed by atoms with Crippen molar-refractivity contribution in [2.24, 2.45) is 0 Å². The van der Waals surface area contributed by atoms with Gasteiger partial charge in [-0.15, -0.1) is 11.8 Å². The lowest BCUT2D eigenvalue weighted by atomic mass is 10.2. The van der Waals surface area contributed by atoms with Gasteiger partial charge in [-0.05, 0) is 48.5 Å². The van der Waals surface area contributed by atoms with E-state index >= 15 is 0 Å². The number of hydrogen-bond acceptors (Lipinski definition) is 6. The van der Waals surface area contributed by atoms with Gasteiger partial charge in [0.2, 0.25) is 5.91 Å². The molecule has 32 heavy (non-hydrogen) atoms. The molecule has 0 aliphatic rings. The van der Waals surface area contributed by atoms with Crippen LogP contribution in [0.15, 0.2) is 71.6 Å². The maximum atomic E-state index is 12.4. The van der Waals surface area contributed by atoms with Gasteiger partial charge in [-0.2, -0.15) is 0 Å². The number of halogens is 1. The topological polar surface area (TPSA) is 111 Å². The molecule has 0 fully saturated rings. The number of nitrogens with zero attached hydrogens (tertiary/aromatic N) is 1. The number of amides is 2. The number of hydrogen-bond donors (Lipinski definition) is 2. The monoisotopic (exact) mass is 471 g/mol. The highest BCUT2D eigenvalue weighted by molar-refractivity contribution is 8.00. The summed E-state index contributed by atoms with van der Waals surface area (Å²) >= 11 is 7.37. The van der Waals surface area contributed by atoms with E-state index in [4.69, 9.17) is 16.3 Å². The number of rotatable bonds is 8. The van der Waals surface area contributed by atoms with E-state index in [1.807, 2.05) is 6.07 Å². The summed E-state index contributed by atoms with van der Waals surface area (Å²) in [5.41, 5.74) is 1.31. The first-order valence-corrected chi connectivity index (χ1v) is 10.6. The summed E-state index contributed by atoms with van der Waals surface area (Å²) in [4.78, 5) is 35.6. The average Bonchev–Trinajstić information content (AvgIpc) is 2.78. The summed E-state index contributed by atoms with van der Waals surface area (Å²) in [6.07, 6.45) is 0. The second-order valence-corrected chi connectivity index (χ2v) is 7.93. The summed E-state index contributed by atoms with van der Waals surface area (Å²) in [5.74, 6) is 0.0722. The van der Waals surface area contributed by atoms with Crippen molar-refractivity contribution in [3.8, 4) is 5.75 Å². The van der Waals surface area contributed by atoms with Crippen molar-refractivity contribution < 1.29 is 19.2 Å². The molecule has 10 heteroatoms. The SMILES string of the molecule is COc1ccc(NC(=O)CSc2cccc(NC(=O)c3ccc([N+](=O)[O-])cc3)c2)cc1Cl. The Balaban J connectivity index is 1.56. The summed E-state index contributed by atoms with van der Waals surface area (Å²) in [6, 6.07) is 17.3. The Hall–Kier alpha value is -3.56. The number of nitro groups is 1. The van der Waals surface area contributed by atoms with Crippen molar-refractivity contribution in [1.82, 2.24) is 0 Å². The Morgan fingerprint density at radius 1 is 1.03 bits per heavy atom. The van der Waals surface area contributed by atoms with Crippen molar-refractivity contribution in [3.63, 3.8) is 0 Å². The van der Waals surface area contributed by atoms with Gasteiger partial charge in [-0.1, -0.05) is 17.7 Å². The average molecular weight is 472 g/mol. The molecule has 0 spiro atoms. The number of non-ortho nitro benzene ring substituents is 1. The minimum atomic E-state index is -0.526. The molecule has 0 atom stereocenters. The molecule has 164 valence electrons. The van der Waals surface area contributed by atoms with Crippen LogP contribution in [0.1, 0.15) is 10.4 Å². The van der Waals surface area contributed by atoms with Gasteiger partial charge in [-0.25, -0.2) is 0 Å². The zero-order valence-corrected chi connectivity index (χ0v) is 18.4. The molecule has 0 unspecified atom stereocenters. The van der Waals surface area contributed by atoms with Crippen molar-refractivity contribution in [2.45, 2.75) is 4.90 Å². The Kier molecular flexibility index (Phi) is 7.69. The van der Waals surface area contributed by atoms with Gasteiger partial charge < -0.3 is 15.4 Å². The summed E-state index contributed by atoms with van der Waals surface area (Å²) in [6.45, 7) is 0. The maximum absolute atomic E-state index is 12.4. The minimum absolute atomic E-state index is 0.0878. The van der Waals surface area contributed by atoms with Gasteiger partial charge in [0.15, 0.2) is 0 Å². The van der Waals surface area contributed by atoms with Crippen LogP contribution < -0.4 is 15.4 Å². The number of nitro benzene ring substituents is 1. The van der Waals surface area contributed by atoms with E-state index in [2.05, 4.69) is 10.6 Å². The van der Waals surface area contributed by atoms with Gasteiger partial charge in [0.05, 0.1) is 22.8 Å². The lowest BCUT2D eigenvalue weighted by Crippen LogP contribution is -2.14. The molecule has 3 rings (SSSR count). The predicted octanol–water partition coefficient (Wildman–Crippen LogP) is 5.24. The highest BCUT2D eigenvalue weighted by Gasteiger charge is 2.11. The van der Waals surface area contributed by atoms with Crippen LogP contribution in [0.4, 0.5) is 17.1 Å². The van der Waals surface area contributed by atoms with E-state index in [-0.39, 0.29) is 17.3 Å². The molecule has 0 radical (unpaired) electrons. The molecule has 0 saturated heterocycles. The molecule has 0 aliphatic heterocycles. The number of nitrogens with one attached hydrogen (secondary N) is 2. The van der Waals surface area contributed by atoms with Crippen LogP contribution in [0.2, 0.25) is 5.02 Å². The largest absolute Gasteiger partial charge is 0.495 e. The third-order valence-electron chi connectivity index (χ3n) is 4.24. The van der Waals surface area contributed by atoms with E-state index < -0.39 is 10.8 Å². The molecule has 0 aromatic heterocycles. The summed E-state index contributed by atoms with van der Waals surface area (Å²) in [7, 11) is 1.51. The lowest BCUT2D eigenvalue weighted by Gasteiger charge is -2.09. The van der Waals surface area contributed by atoms with E-state index in [0.29, 0.717) is 27.7 Å². The molecular formula is C22H18ClN3O5S. The Labute approximate surface area is 193 Å². The Morgan fingerprint density at radius 2 is 1.75 bits per heavy atom. The zero-order valence-electron chi connectivity index (χ0n) is 16.8. The third kappa shape index (κ3) is 6.22. The first-order chi connectivity index (χ1) is 15.4. The van der Waals surface area contributed by atoms with Gasteiger partial charge in [0, 0.05) is 34.0 Å². The second-order valence-electron chi connectivity index (χ2n) is 6.47. The molecular weight excluding hydrogens is 454 g/mol. The Bertz CT molecular complexity index is 1150. The lowest BCUT2D eigenvalue weighted by molar-refractivity contribution is -0.384. The molecule has 0 heterocycles. The van der Waals surface area contributed by atoms with E-state index in [9.17, 15) is 19.7 Å². The number of methoxy groups -OCH3 is 1. The molecule has 3 aromatic carbocycles. The number of carbonyl (C=O) groups excluding carboxylic acids is 2. The molecule has 2 N–H and O–H groups in total. The number of benzene rings is 3. The minimum Gasteiger partial charge on any atom is -0.495 e. The number of carbonyl (C=O) groups is 2. The molecule has 0 saturated carbocycles. The van der Waals surface area contributed by atoms with Crippen molar-refractivity contribution >= 4 is 52.2 Å². The normalized spacial score (nSPS) is 10.3. The fourth-order valence-corrected chi connectivity index (χ4v) is 3.70. The fourth-order valence-electron chi connectivity index (χ4n) is 2.69. The third-order valence-corrected chi connectivity index (χ3v) is 5.53. The number of anilines is 2. The first kappa shape index (κ1) is 23.1. The standard InChI is InChI=1S/C22H18ClN3O5S/c1-31-20-10-7-16(12-19(20)23)24-21(27)13-32-18-4-2-3-15(11-18)25-22(28)14-5-8-17(9-6-14)26(29)30/h2-12H,13H2,1H3,(H,24,27)(H,25,28). The zero-order chi connectivity index (χ0) is 23.1. The smallest absolute Gasteiger partial charge is 0.269 e. The number of ether oxygens (including phenoxy) is 1. The maximum Gasteiger partial charge on any atom is 0.269 e. The van der Waals surface area contributed by atoms with Gasteiger partial charge in [0.1, 0.15) is 5.75 Å². The quantitative estimate of drug-likeness (QED) is 0.264. The molecule has 8 nitrogen and oxygen atoms in total. The first-order valence-electron chi connectivity index (χ1n) is 9.28. The molecule has 0 bridgehead atoms. The highest BCUT2D eigenvalue weighted by Crippen LogP contribution is 2.28. The van der Waals surface area contributed by atoms with Crippen LogP contribution >= 0.6 is 23.4 Å². The molecule has 0 aliphatic carbocycles.